The summed E-state index contributed by atoms with van der Waals surface area (Å²) in [6, 6.07) is 16.6. The van der Waals surface area contributed by atoms with Crippen LogP contribution in [0.15, 0.2) is 71.4 Å². The van der Waals surface area contributed by atoms with E-state index in [2.05, 4.69) is 20.1 Å². The minimum absolute atomic E-state index is 0.0121. The van der Waals surface area contributed by atoms with Gasteiger partial charge in [0.1, 0.15) is 9.75 Å². The first-order valence-corrected chi connectivity index (χ1v) is 18.7. The van der Waals surface area contributed by atoms with E-state index in [1.807, 2.05) is 0 Å². The molecule has 2 amide bonds. The van der Waals surface area contributed by atoms with Crippen LogP contribution in [0.5, 0.6) is 0 Å². The van der Waals surface area contributed by atoms with Gasteiger partial charge < -0.3 is 10.6 Å². The zero-order valence-corrected chi connectivity index (χ0v) is 28.5. The molecular formula is C28H30Cl2N4O6S4. The fraction of sp³-hybridized carbons (Fsp3) is 0.214. The highest BCUT2D eigenvalue weighted by Gasteiger charge is 2.21. The van der Waals surface area contributed by atoms with Crippen LogP contribution in [-0.2, 0) is 20.0 Å². The van der Waals surface area contributed by atoms with Gasteiger partial charge in [0.05, 0.1) is 22.4 Å². The number of amides is 2. The number of carbonyl (C=O) groups is 2. The maximum Gasteiger partial charge on any atom is 0.267 e. The molecule has 2 aromatic heterocycles. The minimum atomic E-state index is -3.50. The predicted molar refractivity (Wildman–Crippen MR) is 183 cm³/mol. The second-order valence-corrected chi connectivity index (χ2v) is 16.2. The third-order valence-electron chi connectivity index (χ3n) is 5.52. The monoisotopic (exact) mass is 716 g/mol. The van der Waals surface area contributed by atoms with Crippen LogP contribution >= 0.6 is 45.9 Å². The Balaban J connectivity index is 0.000000240. The molecule has 0 saturated carbocycles. The van der Waals surface area contributed by atoms with Crippen molar-refractivity contribution in [3.05, 3.63) is 91.2 Å². The van der Waals surface area contributed by atoms with E-state index in [0.717, 1.165) is 11.3 Å². The molecule has 0 aliphatic heterocycles. The van der Waals surface area contributed by atoms with Gasteiger partial charge in [0.2, 0.25) is 20.0 Å². The second kappa shape index (κ2) is 15.7. The number of sulfonamides is 2. The van der Waals surface area contributed by atoms with Crippen LogP contribution in [0.1, 0.15) is 46.5 Å². The molecule has 2 heterocycles. The average molecular weight is 718 g/mol. The Kier molecular flexibility index (Phi) is 12.6. The topological polar surface area (TPSA) is 151 Å². The van der Waals surface area contributed by atoms with E-state index < -0.39 is 31.2 Å². The number of benzene rings is 2. The molecule has 10 nitrogen and oxygen atoms in total. The zero-order chi connectivity index (χ0) is 32.5. The Morgan fingerprint density at radius 2 is 1.20 bits per heavy atom. The standard InChI is InChI=1S/2C14H15ClN2O3S2/c1-9(2)22(19,20)17-12-6-7-21-13(12)14(18)16-11-5-3-4-10(15)8-11;1-2-8-22(19,20)17-12-6-7-21-13(12)14(18)16-11-5-3-4-10(15)9-11/h3-9,17H,1-2H3,(H,16,18);3-7,9,17H,2,8H2,1H3,(H,16,18). The number of nitrogens with one attached hydrogen (secondary N) is 4. The molecule has 4 N–H and O–H groups in total. The number of rotatable bonds is 11. The lowest BCUT2D eigenvalue weighted by Gasteiger charge is -2.11. The Morgan fingerprint density at radius 3 is 1.61 bits per heavy atom. The normalized spacial score (nSPS) is 11.3. The van der Waals surface area contributed by atoms with Gasteiger partial charge in [0.15, 0.2) is 0 Å². The fourth-order valence-electron chi connectivity index (χ4n) is 3.40. The summed E-state index contributed by atoms with van der Waals surface area (Å²) >= 11 is 14.1. The Hall–Kier alpha value is -3.14. The third kappa shape index (κ3) is 10.5. The van der Waals surface area contributed by atoms with E-state index in [4.69, 9.17) is 23.2 Å². The summed E-state index contributed by atoms with van der Waals surface area (Å²) in [4.78, 5) is 25.2. The van der Waals surface area contributed by atoms with Crippen molar-refractivity contribution in [1.29, 1.82) is 0 Å². The summed E-state index contributed by atoms with van der Waals surface area (Å²) in [6.45, 7) is 4.92. The molecule has 0 atom stereocenters. The molecule has 236 valence electrons. The lowest BCUT2D eigenvalue weighted by molar-refractivity contribution is 0.102. The van der Waals surface area contributed by atoms with Crippen molar-refractivity contribution in [2.24, 2.45) is 0 Å². The zero-order valence-electron chi connectivity index (χ0n) is 23.8. The quantitative estimate of drug-likeness (QED) is 0.125. The van der Waals surface area contributed by atoms with Gasteiger partial charge in [0, 0.05) is 21.4 Å². The highest BCUT2D eigenvalue weighted by Crippen LogP contribution is 2.27. The van der Waals surface area contributed by atoms with E-state index in [9.17, 15) is 26.4 Å². The number of anilines is 4. The first kappa shape index (κ1) is 35.3. The first-order valence-electron chi connectivity index (χ1n) is 13.0. The predicted octanol–water partition coefficient (Wildman–Crippen LogP) is 7.61. The van der Waals surface area contributed by atoms with Crippen LogP contribution in [0.25, 0.3) is 0 Å². The van der Waals surface area contributed by atoms with Crippen molar-refractivity contribution < 1.29 is 26.4 Å². The van der Waals surface area contributed by atoms with Gasteiger partial charge in [-0.15, -0.1) is 22.7 Å². The van der Waals surface area contributed by atoms with Crippen molar-refractivity contribution in [1.82, 2.24) is 0 Å². The molecule has 0 unspecified atom stereocenters. The first-order chi connectivity index (χ1) is 20.7. The molecule has 0 bridgehead atoms. The van der Waals surface area contributed by atoms with Crippen LogP contribution in [0.4, 0.5) is 22.7 Å². The summed E-state index contributed by atoms with van der Waals surface area (Å²) in [7, 11) is -6.94. The maximum absolute atomic E-state index is 12.3. The summed E-state index contributed by atoms with van der Waals surface area (Å²) in [5.41, 5.74) is 1.66. The smallest absolute Gasteiger partial charge is 0.267 e. The average Bonchev–Trinajstić information content (AvgIpc) is 3.58. The number of thiophene rings is 2. The molecule has 4 aromatic rings. The Bertz CT molecular complexity index is 1820. The van der Waals surface area contributed by atoms with Crippen molar-refractivity contribution >= 4 is 100 Å². The molecule has 2 aromatic carbocycles. The van der Waals surface area contributed by atoms with Gasteiger partial charge >= 0.3 is 0 Å². The SMILES string of the molecule is CC(C)S(=O)(=O)Nc1ccsc1C(=O)Nc1cccc(Cl)c1.CCCS(=O)(=O)Nc1ccsc1C(=O)Nc1cccc(Cl)c1. The van der Waals surface area contributed by atoms with E-state index in [1.54, 1.807) is 92.2 Å². The maximum atomic E-state index is 12.3. The Morgan fingerprint density at radius 1 is 0.750 bits per heavy atom. The van der Waals surface area contributed by atoms with Gasteiger partial charge in [-0.2, -0.15) is 0 Å². The molecule has 0 saturated heterocycles. The largest absolute Gasteiger partial charge is 0.321 e. The van der Waals surface area contributed by atoms with E-state index >= 15 is 0 Å². The van der Waals surface area contributed by atoms with Crippen LogP contribution in [0.3, 0.4) is 0 Å². The molecule has 0 radical (unpaired) electrons. The molecule has 0 aliphatic rings. The van der Waals surface area contributed by atoms with E-state index in [-0.39, 0.29) is 23.0 Å². The third-order valence-corrected chi connectivity index (χ3v) is 11.0. The lowest BCUT2D eigenvalue weighted by Crippen LogP contribution is -2.23. The van der Waals surface area contributed by atoms with Crippen molar-refractivity contribution in [3.8, 4) is 0 Å². The van der Waals surface area contributed by atoms with Crippen LogP contribution in [0, 0.1) is 0 Å². The van der Waals surface area contributed by atoms with E-state index in [1.165, 1.54) is 11.3 Å². The van der Waals surface area contributed by atoms with Crippen LogP contribution in [-0.4, -0.2) is 39.7 Å². The van der Waals surface area contributed by atoms with Crippen molar-refractivity contribution in [3.63, 3.8) is 0 Å². The summed E-state index contributed by atoms with van der Waals surface area (Å²) < 4.78 is 52.4. The van der Waals surface area contributed by atoms with Gasteiger partial charge in [-0.05, 0) is 79.6 Å². The molecule has 44 heavy (non-hydrogen) atoms. The second-order valence-electron chi connectivity index (χ2n) is 9.37. The van der Waals surface area contributed by atoms with Crippen molar-refractivity contribution in [2.75, 3.05) is 25.8 Å². The molecule has 16 heteroatoms. The molecule has 0 fully saturated rings. The van der Waals surface area contributed by atoms with Gasteiger partial charge in [-0.1, -0.05) is 42.3 Å². The summed E-state index contributed by atoms with van der Waals surface area (Å²) in [6.07, 6.45) is 0.503. The highest BCUT2D eigenvalue weighted by atomic mass is 35.5. The number of carbonyl (C=O) groups excluding carboxylic acids is 2. The van der Waals surface area contributed by atoms with Crippen molar-refractivity contribution in [2.45, 2.75) is 32.4 Å². The van der Waals surface area contributed by atoms with Gasteiger partial charge in [-0.3, -0.25) is 19.0 Å². The molecule has 0 spiro atoms. The molecule has 0 aliphatic carbocycles. The van der Waals surface area contributed by atoms with Crippen LogP contribution in [0.2, 0.25) is 10.0 Å². The number of hydrogen-bond donors (Lipinski definition) is 4. The minimum Gasteiger partial charge on any atom is -0.321 e. The number of halogens is 2. The molecule has 4 rings (SSSR count). The fourth-order valence-corrected chi connectivity index (χ4v) is 7.25. The van der Waals surface area contributed by atoms with Crippen LogP contribution < -0.4 is 20.1 Å². The summed E-state index contributed by atoms with van der Waals surface area (Å²) in [5, 5.41) is 9.13. The van der Waals surface area contributed by atoms with Gasteiger partial charge in [0.25, 0.3) is 11.8 Å². The lowest BCUT2D eigenvalue weighted by atomic mass is 10.3. The Labute approximate surface area is 274 Å². The number of hydrogen-bond acceptors (Lipinski definition) is 8. The molecular weight excluding hydrogens is 688 g/mol. The van der Waals surface area contributed by atoms with Gasteiger partial charge in [-0.25, -0.2) is 16.8 Å². The highest BCUT2D eigenvalue weighted by molar-refractivity contribution is 7.93. The summed E-state index contributed by atoms with van der Waals surface area (Å²) in [5.74, 6) is -0.761. The van der Waals surface area contributed by atoms with E-state index in [0.29, 0.717) is 37.6 Å².